The Morgan fingerprint density at radius 2 is 1.72 bits per heavy atom. The van der Waals surface area contributed by atoms with E-state index in [0.717, 1.165) is 31.4 Å². The summed E-state index contributed by atoms with van der Waals surface area (Å²) in [5, 5.41) is 11.1. The zero-order valence-corrected chi connectivity index (χ0v) is 23.0. The maximum atomic E-state index is 12.5. The standard InChI is InChI=1S/C25H30Cl4N4O3/c1-2-36-25(35)33-9-6-20(7-10-33)30-8-5-17(16-3-4-22(28)23(29)11-16)15-31-24(34)32-21-13-18(26)12-19(27)14-21/h3-4,11-14,17,20,30H,2,5-10,15H2,1H3,(H2,31,32,34). The van der Waals surface area contributed by atoms with Gasteiger partial charge in [0.05, 0.1) is 16.7 Å². The molecule has 0 bridgehead atoms. The maximum absolute atomic E-state index is 12.5. The van der Waals surface area contributed by atoms with Gasteiger partial charge in [0.2, 0.25) is 0 Å². The Morgan fingerprint density at radius 3 is 2.36 bits per heavy atom. The lowest BCUT2D eigenvalue weighted by Gasteiger charge is -2.32. The van der Waals surface area contributed by atoms with E-state index in [-0.39, 0.29) is 18.0 Å². The van der Waals surface area contributed by atoms with Gasteiger partial charge in [-0.2, -0.15) is 0 Å². The number of benzene rings is 2. The number of halogens is 4. The molecular formula is C25H30Cl4N4O3. The van der Waals surface area contributed by atoms with Crippen molar-refractivity contribution in [3.05, 3.63) is 62.1 Å². The van der Waals surface area contributed by atoms with Gasteiger partial charge in [-0.25, -0.2) is 9.59 Å². The molecule has 0 aliphatic carbocycles. The predicted octanol–water partition coefficient (Wildman–Crippen LogP) is 6.81. The second-order valence-corrected chi connectivity index (χ2v) is 10.3. The highest BCUT2D eigenvalue weighted by Crippen LogP contribution is 2.28. The summed E-state index contributed by atoms with van der Waals surface area (Å²) >= 11 is 24.4. The highest BCUT2D eigenvalue weighted by Gasteiger charge is 2.23. The Hall–Kier alpha value is -1.90. The lowest BCUT2D eigenvalue weighted by atomic mass is 9.95. The Bertz CT molecular complexity index is 1030. The SMILES string of the molecule is CCOC(=O)N1CCC(NCCC(CNC(=O)Nc2cc(Cl)cc(Cl)c2)c2ccc(Cl)c(Cl)c2)CC1. The monoisotopic (exact) mass is 574 g/mol. The van der Waals surface area contributed by atoms with Crippen LogP contribution in [-0.4, -0.2) is 55.9 Å². The number of carbonyl (C=O) groups is 2. The summed E-state index contributed by atoms with van der Waals surface area (Å²) in [7, 11) is 0. The first kappa shape index (κ1) is 28.7. The number of likely N-dealkylation sites (tertiary alicyclic amines) is 1. The van der Waals surface area contributed by atoms with E-state index in [1.165, 1.54) is 0 Å². The smallest absolute Gasteiger partial charge is 0.409 e. The van der Waals surface area contributed by atoms with Crippen LogP contribution >= 0.6 is 46.4 Å². The molecule has 36 heavy (non-hydrogen) atoms. The van der Waals surface area contributed by atoms with Crippen molar-refractivity contribution in [2.75, 3.05) is 38.1 Å². The third-order valence-electron chi connectivity index (χ3n) is 5.99. The van der Waals surface area contributed by atoms with E-state index in [4.69, 9.17) is 51.1 Å². The van der Waals surface area contributed by atoms with Crippen LogP contribution in [0.25, 0.3) is 0 Å². The van der Waals surface area contributed by atoms with Crippen LogP contribution in [0.4, 0.5) is 15.3 Å². The number of rotatable bonds is 9. The van der Waals surface area contributed by atoms with Crippen LogP contribution in [0.3, 0.4) is 0 Å². The Morgan fingerprint density at radius 1 is 1.03 bits per heavy atom. The molecule has 1 fully saturated rings. The number of nitrogens with zero attached hydrogens (tertiary/aromatic N) is 1. The molecule has 0 spiro atoms. The molecule has 3 N–H and O–H groups in total. The molecule has 0 radical (unpaired) electrons. The first-order valence-electron chi connectivity index (χ1n) is 11.9. The van der Waals surface area contributed by atoms with E-state index >= 15 is 0 Å². The van der Waals surface area contributed by atoms with Gasteiger partial charge >= 0.3 is 12.1 Å². The minimum absolute atomic E-state index is 0.000543. The van der Waals surface area contributed by atoms with Gasteiger partial charge in [0, 0.05) is 47.3 Å². The lowest BCUT2D eigenvalue weighted by molar-refractivity contribution is 0.0951. The molecule has 0 saturated carbocycles. The Kier molecular flexibility index (Phi) is 11.3. The highest BCUT2D eigenvalue weighted by atomic mass is 35.5. The number of nitrogens with one attached hydrogen (secondary N) is 3. The van der Waals surface area contributed by atoms with Crippen molar-refractivity contribution < 1.29 is 14.3 Å². The number of carbonyl (C=O) groups excluding carboxylic acids is 2. The average Bonchev–Trinajstić information content (AvgIpc) is 2.83. The molecule has 1 aliphatic heterocycles. The van der Waals surface area contributed by atoms with Crippen molar-refractivity contribution in [1.29, 1.82) is 0 Å². The quantitative estimate of drug-likeness (QED) is 0.307. The van der Waals surface area contributed by atoms with Crippen LogP contribution < -0.4 is 16.0 Å². The Labute approximate surface area is 231 Å². The van der Waals surface area contributed by atoms with Gasteiger partial charge in [0.15, 0.2) is 0 Å². The molecule has 1 aliphatic rings. The number of hydrogen-bond acceptors (Lipinski definition) is 4. The molecule has 11 heteroatoms. The summed E-state index contributed by atoms with van der Waals surface area (Å²) in [5.74, 6) is 0.000543. The first-order valence-corrected chi connectivity index (χ1v) is 13.4. The second kappa shape index (κ2) is 14.1. The largest absolute Gasteiger partial charge is 0.450 e. The minimum atomic E-state index is -0.363. The molecule has 1 atom stereocenters. The molecule has 3 amide bonds. The van der Waals surface area contributed by atoms with Crippen molar-refractivity contribution in [3.63, 3.8) is 0 Å². The third kappa shape index (κ3) is 8.89. The van der Waals surface area contributed by atoms with E-state index in [1.807, 2.05) is 19.1 Å². The van der Waals surface area contributed by atoms with Gasteiger partial charge in [-0.3, -0.25) is 0 Å². The normalized spacial score (nSPS) is 14.9. The zero-order valence-electron chi connectivity index (χ0n) is 20.0. The van der Waals surface area contributed by atoms with Crippen molar-refractivity contribution in [2.45, 2.75) is 38.1 Å². The van der Waals surface area contributed by atoms with Gasteiger partial charge in [-0.1, -0.05) is 52.5 Å². The highest BCUT2D eigenvalue weighted by molar-refractivity contribution is 6.42. The van der Waals surface area contributed by atoms with Crippen LogP contribution in [0, 0.1) is 0 Å². The summed E-state index contributed by atoms with van der Waals surface area (Å²) in [6.07, 6.45) is 2.23. The molecule has 1 unspecified atom stereocenters. The third-order valence-corrected chi connectivity index (χ3v) is 7.17. The molecule has 1 saturated heterocycles. The molecule has 2 aromatic carbocycles. The van der Waals surface area contributed by atoms with Crippen LogP contribution in [0.2, 0.25) is 20.1 Å². The topological polar surface area (TPSA) is 82.7 Å². The van der Waals surface area contributed by atoms with Gasteiger partial charge in [-0.15, -0.1) is 0 Å². The summed E-state index contributed by atoms with van der Waals surface area (Å²) in [6.45, 7) is 4.65. The molecule has 0 aromatic heterocycles. The fourth-order valence-corrected chi connectivity index (χ4v) is 4.95. The van der Waals surface area contributed by atoms with Crippen LogP contribution in [0.1, 0.15) is 37.7 Å². The lowest BCUT2D eigenvalue weighted by Crippen LogP contribution is -2.45. The van der Waals surface area contributed by atoms with E-state index in [0.29, 0.717) is 58.1 Å². The molecule has 3 rings (SSSR count). The van der Waals surface area contributed by atoms with Gasteiger partial charge in [0.25, 0.3) is 0 Å². The summed E-state index contributed by atoms with van der Waals surface area (Å²) in [5.41, 5.74) is 1.49. The second-order valence-electron chi connectivity index (χ2n) is 8.57. The number of urea groups is 1. The van der Waals surface area contributed by atoms with Crippen LogP contribution in [-0.2, 0) is 4.74 Å². The van der Waals surface area contributed by atoms with E-state index in [2.05, 4.69) is 16.0 Å². The number of hydrogen-bond donors (Lipinski definition) is 3. The van der Waals surface area contributed by atoms with E-state index in [1.54, 1.807) is 29.2 Å². The molecular weight excluding hydrogens is 546 g/mol. The van der Waals surface area contributed by atoms with E-state index in [9.17, 15) is 9.59 Å². The van der Waals surface area contributed by atoms with Crippen LogP contribution in [0.15, 0.2) is 36.4 Å². The van der Waals surface area contributed by atoms with Gasteiger partial charge < -0.3 is 25.6 Å². The van der Waals surface area contributed by atoms with Gasteiger partial charge in [-0.05, 0) is 68.6 Å². The molecule has 7 nitrogen and oxygen atoms in total. The summed E-state index contributed by atoms with van der Waals surface area (Å²) < 4.78 is 5.09. The summed E-state index contributed by atoms with van der Waals surface area (Å²) in [4.78, 5) is 26.2. The van der Waals surface area contributed by atoms with Gasteiger partial charge in [0.1, 0.15) is 0 Å². The summed E-state index contributed by atoms with van der Waals surface area (Å²) in [6, 6.07) is 10.3. The van der Waals surface area contributed by atoms with Crippen molar-refractivity contribution in [1.82, 2.24) is 15.5 Å². The van der Waals surface area contributed by atoms with Crippen molar-refractivity contribution in [2.24, 2.45) is 0 Å². The predicted molar refractivity (Wildman–Crippen MR) is 147 cm³/mol. The average molecular weight is 576 g/mol. The van der Waals surface area contributed by atoms with Crippen LogP contribution in [0.5, 0.6) is 0 Å². The minimum Gasteiger partial charge on any atom is -0.450 e. The molecule has 196 valence electrons. The fraction of sp³-hybridized carbons (Fsp3) is 0.440. The van der Waals surface area contributed by atoms with E-state index < -0.39 is 0 Å². The number of ether oxygens (including phenoxy) is 1. The molecule has 1 heterocycles. The molecule has 2 aromatic rings. The van der Waals surface area contributed by atoms with Crippen molar-refractivity contribution >= 4 is 64.2 Å². The Balaban J connectivity index is 1.54. The van der Waals surface area contributed by atoms with Crippen molar-refractivity contribution in [3.8, 4) is 0 Å². The first-order chi connectivity index (χ1) is 17.2. The zero-order chi connectivity index (χ0) is 26.1. The maximum Gasteiger partial charge on any atom is 0.409 e. The number of piperidine rings is 1. The number of anilines is 1. The fourth-order valence-electron chi connectivity index (χ4n) is 4.11. The number of amides is 3.